The number of nitrogens with zero attached hydrogens (tertiary/aromatic N) is 2. The lowest BCUT2D eigenvalue weighted by Crippen LogP contribution is -2.35. The lowest BCUT2D eigenvalue weighted by atomic mass is 9.95. The molecular weight excluding hydrogens is 428 g/mol. The summed E-state index contributed by atoms with van der Waals surface area (Å²) < 4.78 is 5.89. The maximum Gasteiger partial charge on any atom is 0.295 e. The van der Waals surface area contributed by atoms with Crippen molar-refractivity contribution in [2.24, 2.45) is 0 Å². The van der Waals surface area contributed by atoms with Gasteiger partial charge in [-0.15, -0.1) is 0 Å². The summed E-state index contributed by atoms with van der Waals surface area (Å²) in [6.45, 7) is 1.39. The zero-order valence-electron chi connectivity index (χ0n) is 19.3. The summed E-state index contributed by atoms with van der Waals surface area (Å²) in [5.41, 5.74) is 2.41. The third-order valence-electron chi connectivity index (χ3n) is 5.82. The summed E-state index contributed by atoms with van der Waals surface area (Å²) >= 11 is 0. The summed E-state index contributed by atoms with van der Waals surface area (Å²) in [5, 5.41) is 11.0. The van der Waals surface area contributed by atoms with Gasteiger partial charge < -0.3 is 19.6 Å². The molecule has 4 rings (SSSR count). The molecule has 0 radical (unpaired) electrons. The molecule has 1 aliphatic heterocycles. The summed E-state index contributed by atoms with van der Waals surface area (Å²) in [7, 11) is 3.82. The van der Waals surface area contributed by atoms with E-state index in [0.29, 0.717) is 31.0 Å². The highest BCUT2D eigenvalue weighted by molar-refractivity contribution is 6.46. The first-order valence-corrected chi connectivity index (χ1v) is 11.2. The first kappa shape index (κ1) is 23.3. The second-order valence-electron chi connectivity index (χ2n) is 8.51. The fraction of sp³-hybridized carbons (Fsp3) is 0.214. The lowest BCUT2D eigenvalue weighted by molar-refractivity contribution is -0.140. The predicted molar refractivity (Wildman–Crippen MR) is 131 cm³/mol. The Labute approximate surface area is 199 Å². The van der Waals surface area contributed by atoms with E-state index in [2.05, 4.69) is 0 Å². The molecule has 0 aromatic heterocycles. The van der Waals surface area contributed by atoms with Crippen LogP contribution < -0.4 is 4.74 Å². The number of ether oxygens (including phenoxy) is 1. The Bertz CT molecular complexity index is 1170. The van der Waals surface area contributed by atoms with Crippen molar-refractivity contribution in [2.45, 2.75) is 12.6 Å². The number of hydrogen-bond acceptors (Lipinski definition) is 5. The van der Waals surface area contributed by atoms with Crippen molar-refractivity contribution >= 4 is 17.4 Å². The number of carbonyl (C=O) groups is 2. The molecule has 1 aliphatic rings. The van der Waals surface area contributed by atoms with Crippen molar-refractivity contribution in [3.63, 3.8) is 0 Å². The number of carbonyl (C=O) groups excluding carboxylic acids is 2. The minimum absolute atomic E-state index is 0.105. The van der Waals surface area contributed by atoms with Crippen molar-refractivity contribution in [1.29, 1.82) is 0 Å². The van der Waals surface area contributed by atoms with Crippen LogP contribution in [0.3, 0.4) is 0 Å². The van der Waals surface area contributed by atoms with Crippen LogP contribution >= 0.6 is 0 Å². The van der Waals surface area contributed by atoms with Crippen LogP contribution in [-0.2, 0) is 16.2 Å². The zero-order chi connectivity index (χ0) is 24.1. The maximum atomic E-state index is 13.0. The van der Waals surface area contributed by atoms with Gasteiger partial charge >= 0.3 is 0 Å². The third kappa shape index (κ3) is 5.02. The summed E-state index contributed by atoms with van der Waals surface area (Å²) in [6.07, 6.45) is 0. The Hall–Kier alpha value is -3.90. The molecule has 1 unspecified atom stereocenters. The van der Waals surface area contributed by atoms with Gasteiger partial charge in [0.15, 0.2) is 0 Å². The Morgan fingerprint density at radius 2 is 1.53 bits per heavy atom. The number of Topliss-reactive ketones (excluding diaryl/α,β-unsaturated/α-hetero) is 1. The minimum atomic E-state index is -0.677. The smallest absolute Gasteiger partial charge is 0.295 e. The van der Waals surface area contributed by atoms with Gasteiger partial charge in [0.05, 0.1) is 11.6 Å². The molecule has 1 amide bonds. The third-order valence-corrected chi connectivity index (χ3v) is 5.82. The first-order chi connectivity index (χ1) is 16.5. The summed E-state index contributed by atoms with van der Waals surface area (Å²) in [6, 6.07) is 25.4. The normalized spacial score (nSPS) is 17.4. The van der Waals surface area contributed by atoms with Gasteiger partial charge in [-0.2, -0.15) is 0 Å². The van der Waals surface area contributed by atoms with Crippen molar-refractivity contribution < 1.29 is 19.4 Å². The fourth-order valence-corrected chi connectivity index (χ4v) is 4.00. The molecule has 0 saturated carbocycles. The Morgan fingerprint density at radius 3 is 2.15 bits per heavy atom. The van der Waals surface area contributed by atoms with Crippen molar-refractivity contribution in [1.82, 2.24) is 9.80 Å². The molecule has 1 fully saturated rings. The van der Waals surface area contributed by atoms with Crippen LogP contribution in [0.2, 0.25) is 0 Å². The number of aliphatic hydroxyl groups excluding tert-OH is 1. The standard InChI is InChI=1S/C28H28N2O4/c1-29(2)17-18-30-25(24(27(32)28(30)33)26(31)22-11-7-4-8-12-22)21-13-15-23(16-14-21)34-19-20-9-5-3-6-10-20/h3-16,25,31H,17-19H2,1-2H3. The SMILES string of the molecule is CN(C)CCN1C(=O)C(=O)C(=C(O)c2ccccc2)C1c1ccc(OCc2ccccc2)cc1. The van der Waals surface area contributed by atoms with Gasteiger partial charge in [0.25, 0.3) is 11.7 Å². The molecule has 1 heterocycles. The van der Waals surface area contributed by atoms with Gasteiger partial charge in [-0.05, 0) is 37.4 Å². The van der Waals surface area contributed by atoms with Crippen molar-refractivity contribution in [2.75, 3.05) is 27.2 Å². The van der Waals surface area contributed by atoms with Crippen LogP contribution in [0.1, 0.15) is 22.7 Å². The molecule has 0 spiro atoms. The molecule has 3 aromatic rings. The second kappa shape index (κ2) is 10.4. The van der Waals surface area contributed by atoms with Crippen LogP contribution in [0.4, 0.5) is 0 Å². The Balaban J connectivity index is 1.66. The molecular formula is C28H28N2O4. The first-order valence-electron chi connectivity index (χ1n) is 11.2. The number of likely N-dealkylation sites (N-methyl/N-ethyl adjacent to an activating group) is 1. The average Bonchev–Trinajstić information content (AvgIpc) is 3.12. The Kier molecular flexibility index (Phi) is 7.09. The predicted octanol–water partition coefficient (Wildman–Crippen LogP) is 4.25. The lowest BCUT2D eigenvalue weighted by Gasteiger charge is -2.26. The summed E-state index contributed by atoms with van der Waals surface area (Å²) in [4.78, 5) is 29.5. The topological polar surface area (TPSA) is 70.1 Å². The highest BCUT2D eigenvalue weighted by Gasteiger charge is 2.45. The van der Waals surface area contributed by atoms with Gasteiger partial charge in [-0.25, -0.2) is 0 Å². The van der Waals surface area contributed by atoms with E-state index >= 15 is 0 Å². The minimum Gasteiger partial charge on any atom is -0.507 e. The van der Waals surface area contributed by atoms with E-state index in [1.165, 1.54) is 4.90 Å². The Morgan fingerprint density at radius 1 is 0.912 bits per heavy atom. The van der Waals surface area contributed by atoms with Crippen molar-refractivity contribution in [3.8, 4) is 5.75 Å². The van der Waals surface area contributed by atoms with E-state index in [4.69, 9.17) is 4.74 Å². The van der Waals surface area contributed by atoms with Crippen LogP contribution in [0.25, 0.3) is 5.76 Å². The molecule has 6 heteroatoms. The molecule has 1 saturated heterocycles. The van der Waals surface area contributed by atoms with Crippen molar-refractivity contribution in [3.05, 3.63) is 107 Å². The van der Waals surface area contributed by atoms with Crippen LogP contribution in [0.15, 0.2) is 90.5 Å². The van der Waals surface area contributed by atoms with Gasteiger partial charge in [0.2, 0.25) is 0 Å². The van der Waals surface area contributed by atoms with Crippen LogP contribution in [0.5, 0.6) is 5.75 Å². The molecule has 0 aliphatic carbocycles. The molecule has 34 heavy (non-hydrogen) atoms. The summed E-state index contributed by atoms with van der Waals surface area (Å²) in [5.74, 6) is -0.759. The number of amides is 1. The van der Waals surface area contributed by atoms with Gasteiger partial charge in [-0.1, -0.05) is 72.8 Å². The zero-order valence-corrected chi connectivity index (χ0v) is 19.3. The highest BCUT2D eigenvalue weighted by atomic mass is 16.5. The quantitative estimate of drug-likeness (QED) is 0.312. The largest absolute Gasteiger partial charge is 0.507 e. The van der Waals surface area contributed by atoms with E-state index in [9.17, 15) is 14.7 Å². The number of benzene rings is 3. The van der Waals surface area contributed by atoms with Crippen LogP contribution in [-0.4, -0.2) is 53.8 Å². The number of aliphatic hydroxyl groups is 1. The molecule has 1 atom stereocenters. The van der Waals surface area contributed by atoms with E-state index in [0.717, 1.165) is 11.1 Å². The average molecular weight is 457 g/mol. The molecule has 3 aromatic carbocycles. The molecule has 174 valence electrons. The van der Waals surface area contributed by atoms with Gasteiger partial charge in [0.1, 0.15) is 18.1 Å². The van der Waals surface area contributed by atoms with Crippen LogP contribution in [0, 0.1) is 0 Å². The van der Waals surface area contributed by atoms with Gasteiger partial charge in [-0.3, -0.25) is 9.59 Å². The highest BCUT2D eigenvalue weighted by Crippen LogP contribution is 2.39. The van der Waals surface area contributed by atoms with E-state index in [-0.39, 0.29) is 11.3 Å². The second-order valence-corrected chi connectivity index (χ2v) is 8.51. The maximum absolute atomic E-state index is 13.0. The monoisotopic (exact) mass is 456 g/mol. The molecule has 0 bridgehead atoms. The molecule has 6 nitrogen and oxygen atoms in total. The molecule has 1 N–H and O–H groups in total. The van der Waals surface area contributed by atoms with E-state index in [1.54, 1.807) is 24.3 Å². The number of ketones is 1. The number of hydrogen-bond donors (Lipinski definition) is 1. The van der Waals surface area contributed by atoms with Gasteiger partial charge in [0, 0.05) is 18.7 Å². The van der Waals surface area contributed by atoms with E-state index in [1.807, 2.05) is 79.7 Å². The number of likely N-dealkylation sites (tertiary alicyclic amines) is 1. The fourth-order valence-electron chi connectivity index (χ4n) is 4.00. The van der Waals surface area contributed by atoms with E-state index < -0.39 is 17.7 Å². The number of rotatable bonds is 8.